The van der Waals surface area contributed by atoms with Gasteiger partial charge in [-0.2, -0.15) is 0 Å². The van der Waals surface area contributed by atoms with E-state index >= 15 is 0 Å². The van der Waals surface area contributed by atoms with Crippen LogP contribution in [0, 0.1) is 5.92 Å². The molecule has 0 aromatic rings. The van der Waals surface area contributed by atoms with Gasteiger partial charge in [0.25, 0.3) is 0 Å². The van der Waals surface area contributed by atoms with Crippen molar-refractivity contribution in [2.75, 3.05) is 19.3 Å². The number of hydrogen-bond acceptors (Lipinski definition) is 4. The Morgan fingerprint density at radius 2 is 1.95 bits per heavy atom. The third-order valence-corrected chi connectivity index (χ3v) is 4.28. The van der Waals surface area contributed by atoms with Crippen LogP contribution in [0.3, 0.4) is 0 Å². The van der Waals surface area contributed by atoms with E-state index in [4.69, 9.17) is 0 Å². The normalized spacial score (nSPS) is 23.1. The number of carboxylic acid groups (broad SMARTS) is 1. The lowest BCUT2D eigenvalue weighted by molar-refractivity contribution is -0.142. The standard InChI is InChI=1S/C12H23N3O5S/c1-8-5-6-15(9(8)10(16)17)11(18)13-7-12(2,3)14-21(4,19)20/h8-9,14H,5-7H2,1-4H3,(H,13,18)(H,16,17). The number of hydrogen-bond donors (Lipinski definition) is 3. The highest BCUT2D eigenvalue weighted by Crippen LogP contribution is 2.24. The number of nitrogens with one attached hydrogen (secondary N) is 2. The molecule has 0 spiro atoms. The number of amides is 2. The van der Waals surface area contributed by atoms with Crippen LogP contribution in [0.25, 0.3) is 0 Å². The van der Waals surface area contributed by atoms with E-state index in [1.807, 2.05) is 0 Å². The molecule has 1 aliphatic rings. The van der Waals surface area contributed by atoms with Crippen molar-refractivity contribution in [1.82, 2.24) is 14.9 Å². The van der Waals surface area contributed by atoms with Crippen LogP contribution in [0.15, 0.2) is 0 Å². The average molecular weight is 321 g/mol. The van der Waals surface area contributed by atoms with E-state index in [0.717, 1.165) is 6.26 Å². The van der Waals surface area contributed by atoms with Crippen LogP contribution in [0.2, 0.25) is 0 Å². The molecule has 122 valence electrons. The molecule has 1 heterocycles. The van der Waals surface area contributed by atoms with Crippen molar-refractivity contribution in [3.8, 4) is 0 Å². The monoisotopic (exact) mass is 321 g/mol. The Morgan fingerprint density at radius 1 is 1.38 bits per heavy atom. The van der Waals surface area contributed by atoms with Crippen LogP contribution in [0.4, 0.5) is 4.79 Å². The van der Waals surface area contributed by atoms with Gasteiger partial charge < -0.3 is 15.3 Å². The first kappa shape index (κ1) is 17.7. The lowest BCUT2D eigenvalue weighted by atomic mass is 10.0. The van der Waals surface area contributed by atoms with Crippen molar-refractivity contribution in [2.24, 2.45) is 5.92 Å². The Balaban J connectivity index is 2.64. The van der Waals surface area contributed by atoms with E-state index in [0.29, 0.717) is 13.0 Å². The highest BCUT2D eigenvalue weighted by Gasteiger charge is 2.39. The second kappa shape index (κ2) is 6.18. The number of aliphatic carboxylic acids is 1. The molecule has 1 rings (SSSR count). The Hall–Kier alpha value is -1.35. The van der Waals surface area contributed by atoms with Gasteiger partial charge in [-0.15, -0.1) is 0 Å². The van der Waals surface area contributed by atoms with E-state index in [9.17, 15) is 23.1 Å². The summed E-state index contributed by atoms with van der Waals surface area (Å²) in [5.74, 6) is -1.13. The van der Waals surface area contributed by atoms with Gasteiger partial charge in [-0.25, -0.2) is 22.7 Å². The first-order chi connectivity index (χ1) is 9.43. The highest BCUT2D eigenvalue weighted by molar-refractivity contribution is 7.88. The zero-order valence-electron chi connectivity index (χ0n) is 12.7. The van der Waals surface area contributed by atoms with Gasteiger partial charge in [0.05, 0.1) is 6.26 Å². The van der Waals surface area contributed by atoms with Crippen LogP contribution in [0.1, 0.15) is 27.2 Å². The molecular weight excluding hydrogens is 298 g/mol. The maximum absolute atomic E-state index is 12.1. The molecule has 21 heavy (non-hydrogen) atoms. The van der Waals surface area contributed by atoms with Crippen LogP contribution in [-0.4, -0.2) is 61.4 Å². The number of carboxylic acids is 1. The van der Waals surface area contributed by atoms with E-state index < -0.39 is 33.6 Å². The number of sulfonamides is 1. The Labute approximate surface area is 124 Å². The van der Waals surface area contributed by atoms with Gasteiger partial charge >= 0.3 is 12.0 Å². The molecule has 1 saturated heterocycles. The number of carbonyl (C=O) groups is 2. The molecule has 2 amide bonds. The summed E-state index contributed by atoms with van der Waals surface area (Å²) >= 11 is 0. The van der Waals surface area contributed by atoms with Gasteiger partial charge in [-0.05, 0) is 26.2 Å². The number of carbonyl (C=O) groups excluding carboxylic acids is 1. The summed E-state index contributed by atoms with van der Waals surface area (Å²) in [6.45, 7) is 5.51. The molecule has 0 aromatic carbocycles. The summed E-state index contributed by atoms with van der Waals surface area (Å²) in [6, 6.07) is -1.33. The number of likely N-dealkylation sites (tertiary alicyclic amines) is 1. The molecule has 0 aromatic heterocycles. The van der Waals surface area contributed by atoms with Crippen molar-refractivity contribution in [2.45, 2.75) is 38.8 Å². The first-order valence-electron chi connectivity index (χ1n) is 6.69. The lowest BCUT2D eigenvalue weighted by Gasteiger charge is -2.28. The molecule has 0 saturated carbocycles. The fraction of sp³-hybridized carbons (Fsp3) is 0.833. The van der Waals surface area contributed by atoms with Gasteiger partial charge in [-0.1, -0.05) is 6.92 Å². The maximum atomic E-state index is 12.1. The zero-order valence-corrected chi connectivity index (χ0v) is 13.5. The van der Waals surface area contributed by atoms with Crippen molar-refractivity contribution in [3.63, 3.8) is 0 Å². The van der Waals surface area contributed by atoms with E-state index in [1.165, 1.54) is 4.90 Å². The fourth-order valence-electron chi connectivity index (χ4n) is 2.49. The Kier molecular flexibility index (Phi) is 5.21. The minimum atomic E-state index is -3.39. The Bertz CT molecular complexity index is 517. The maximum Gasteiger partial charge on any atom is 0.326 e. The molecule has 9 heteroatoms. The topological polar surface area (TPSA) is 116 Å². The second-order valence-electron chi connectivity index (χ2n) is 6.16. The second-order valence-corrected chi connectivity index (χ2v) is 7.91. The molecule has 8 nitrogen and oxygen atoms in total. The minimum Gasteiger partial charge on any atom is -0.480 e. The number of rotatable bonds is 5. The summed E-state index contributed by atoms with van der Waals surface area (Å²) in [5.41, 5.74) is -0.854. The van der Waals surface area contributed by atoms with Crippen LogP contribution in [-0.2, 0) is 14.8 Å². The minimum absolute atomic E-state index is 0.0656. The molecule has 2 unspecified atom stereocenters. The molecule has 1 fully saturated rings. The van der Waals surface area contributed by atoms with E-state index in [2.05, 4.69) is 10.0 Å². The first-order valence-corrected chi connectivity index (χ1v) is 8.58. The summed E-state index contributed by atoms with van der Waals surface area (Å²) in [4.78, 5) is 24.6. The summed E-state index contributed by atoms with van der Waals surface area (Å²) in [5, 5.41) is 11.8. The van der Waals surface area contributed by atoms with Gasteiger partial charge in [0.15, 0.2) is 0 Å². The third-order valence-electron chi connectivity index (χ3n) is 3.36. The molecule has 1 aliphatic heterocycles. The molecular formula is C12H23N3O5S. The Morgan fingerprint density at radius 3 is 2.43 bits per heavy atom. The predicted molar refractivity (Wildman–Crippen MR) is 77.4 cm³/mol. The molecule has 0 aliphatic carbocycles. The van der Waals surface area contributed by atoms with Crippen molar-refractivity contribution < 1.29 is 23.1 Å². The average Bonchev–Trinajstić information content (AvgIpc) is 2.65. The zero-order chi connectivity index (χ0) is 16.4. The summed E-state index contributed by atoms with van der Waals surface area (Å²) in [6.07, 6.45) is 1.68. The van der Waals surface area contributed by atoms with E-state index in [1.54, 1.807) is 20.8 Å². The van der Waals surface area contributed by atoms with Gasteiger partial charge in [0.1, 0.15) is 6.04 Å². The lowest BCUT2D eigenvalue weighted by Crippen LogP contribution is -2.54. The molecule has 0 bridgehead atoms. The molecule has 2 atom stereocenters. The predicted octanol–water partition coefficient (Wildman–Crippen LogP) is -0.181. The SMILES string of the molecule is CC1CCN(C(=O)NCC(C)(C)NS(C)(=O)=O)C1C(=O)O. The molecule has 0 radical (unpaired) electrons. The highest BCUT2D eigenvalue weighted by atomic mass is 32.2. The van der Waals surface area contributed by atoms with Crippen LogP contribution in [0.5, 0.6) is 0 Å². The van der Waals surface area contributed by atoms with Crippen LogP contribution < -0.4 is 10.0 Å². The van der Waals surface area contributed by atoms with Gasteiger partial charge in [-0.3, -0.25) is 0 Å². The number of nitrogens with zero attached hydrogens (tertiary/aromatic N) is 1. The largest absolute Gasteiger partial charge is 0.480 e. The third kappa shape index (κ3) is 5.16. The van der Waals surface area contributed by atoms with Crippen molar-refractivity contribution in [3.05, 3.63) is 0 Å². The molecule has 3 N–H and O–H groups in total. The summed E-state index contributed by atoms with van der Waals surface area (Å²) in [7, 11) is -3.39. The number of urea groups is 1. The smallest absolute Gasteiger partial charge is 0.326 e. The van der Waals surface area contributed by atoms with E-state index in [-0.39, 0.29) is 12.5 Å². The van der Waals surface area contributed by atoms with Crippen LogP contribution >= 0.6 is 0 Å². The summed E-state index contributed by atoms with van der Waals surface area (Å²) < 4.78 is 24.8. The quantitative estimate of drug-likeness (QED) is 0.649. The van der Waals surface area contributed by atoms with Crippen molar-refractivity contribution >= 4 is 22.0 Å². The fourth-order valence-corrected chi connectivity index (χ4v) is 3.56. The van der Waals surface area contributed by atoms with Crippen molar-refractivity contribution in [1.29, 1.82) is 0 Å². The van der Waals surface area contributed by atoms with Gasteiger partial charge in [0, 0.05) is 18.6 Å². The van der Waals surface area contributed by atoms with Gasteiger partial charge in [0.2, 0.25) is 10.0 Å².